The van der Waals surface area contributed by atoms with Crippen LogP contribution in [0.2, 0.25) is 0 Å². The van der Waals surface area contributed by atoms with Crippen molar-refractivity contribution in [1.82, 2.24) is 5.32 Å². The highest BCUT2D eigenvalue weighted by Crippen LogP contribution is 2.29. The second-order valence-electron chi connectivity index (χ2n) is 5.40. The first-order valence-electron chi connectivity index (χ1n) is 6.92. The number of hydrogen-bond donors (Lipinski definition) is 2. The highest BCUT2D eigenvalue weighted by atomic mass is 19.4. The van der Waals surface area contributed by atoms with Crippen molar-refractivity contribution in [1.29, 1.82) is 0 Å². The van der Waals surface area contributed by atoms with E-state index in [-0.39, 0.29) is 18.7 Å². The van der Waals surface area contributed by atoms with Crippen molar-refractivity contribution in [3.8, 4) is 0 Å². The lowest BCUT2D eigenvalue weighted by Gasteiger charge is -2.29. The van der Waals surface area contributed by atoms with Crippen molar-refractivity contribution in [3.63, 3.8) is 0 Å². The van der Waals surface area contributed by atoms with E-state index >= 15 is 0 Å². The predicted octanol–water partition coefficient (Wildman–Crippen LogP) is 2.80. The Morgan fingerprint density at radius 2 is 1.71 bits per heavy atom. The second kappa shape index (κ2) is 8.00. The summed E-state index contributed by atoms with van der Waals surface area (Å²) in [6.45, 7) is 1.63. The molecule has 0 aliphatic heterocycles. The van der Waals surface area contributed by atoms with E-state index in [0.717, 1.165) is 24.3 Å². The highest BCUT2D eigenvalue weighted by Gasteiger charge is 2.31. The van der Waals surface area contributed by atoms with Gasteiger partial charge in [0.1, 0.15) is 0 Å². The largest absolute Gasteiger partial charge is 0.469 e. The molecule has 0 bridgehead atoms. The number of carbonyl (C=O) groups is 2. The zero-order valence-electron chi connectivity index (χ0n) is 13.5. The summed E-state index contributed by atoms with van der Waals surface area (Å²) in [5.74, 6) is -0.538. The summed E-state index contributed by atoms with van der Waals surface area (Å²) in [5.41, 5.74) is -1.67. The lowest BCUT2D eigenvalue weighted by molar-refractivity contribution is -0.142. The third-order valence-corrected chi connectivity index (χ3v) is 3.11. The van der Waals surface area contributed by atoms with Gasteiger partial charge in [0.15, 0.2) is 0 Å². The minimum Gasteiger partial charge on any atom is -0.469 e. The highest BCUT2D eigenvalue weighted by molar-refractivity contribution is 5.90. The number of ether oxygens (including phenoxy) is 2. The molecule has 0 unspecified atom stereocenters. The van der Waals surface area contributed by atoms with Gasteiger partial charge in [-0.3, -0.25) is 4.79 Å². The van der Waals surface area contributed by atoms with Gasteiger partial charge in [0.05, 0.1) is 31.2 Å². The molecule has 134 valence electrons. The number of amides is 2. The smallest absolute Gasteiger partial charge is 0.416 e. The van der Waals surface area contributed by atoms with Gasteiger partial charge >= 0.3 is 18.2 Å². The monoisotopic (exact) mass is 348 g/mol. The third-order valence-electron chi connectivity index (χ3n) is 3.11. The van der Waals surface area contributed by atoms with Crippen LogP contribution < -0.4 is 10.6 Å². The number of hydrogen-bond acceptors (Lipinski definition) is 4. The molecule has 0 radical (unpaired) electrons. The quantitative estimate of drug-likeness (QED) is 0.775. The van der Waals surface area contributed by atoms with Crippen molar-refractivity contribution in [2.24, 2.45) is 0 Å². The van der Waals surface area contributed by atoms with Crippen molar-refractivity contribution in [2.45, 2.75) is 25.1 Å². The fraction of sp³-hybridized carbons (Fsp3) is 0.467. The van der Waals surface area contributed by atoms with Crippen molar-refractivity contribution in [3.05, 3.63) is 29.8 Å². The molecule has 1 aromatic carbocycles. The van der Waals surface area contributed by atoms with Crippen molar-refractivity contribution < 1.29 is 32.2 Å². The number of urea groups is 1. The van der Waals surface area contributed by atoms with E-state index in [1.165, 1.54) is 14.2 Å². The third kappa shape index (κ3) is 6.07. The van der Waals surface area contributed by atoms with Crippen LogP contribution in [-0.4, -0.2) is 38.4 Å². The Morgan fingerprint density at radius 3 is 2.17 bits per heavy atom. The normalized spacial score (nSPS) is 13.8. The van der Waals surface area contributed by atoms with Crippen LogP contribution in [0, 0.1) is 0 Å². The van der Waals surface area contributed by atoms with Gasteiger partial charge in [0, 0.05) is 12.8 Å². The van der Waals surface area contributed by atoms with Gasteiger partial charge in [-0.1, -0.05) is 0 Å². The Hall–Kier alpha value is -2.29. The molecular weight excluding hydrogens is 329 g/mol. The molecule has 0 saturated carbocycles. The van der Waals surface area contributed by atoms with Crippen LogP contribution in [0.4, 0.5) is 23.7 Å². The predicted molar refractivity (Wildman–Crippen MR) is 80.5 cm³/mol. The Kier molecular flexibility index (Phi) is 6.59. The maximum Gasteiger partial charge on any atom is 0.416 e. The molecule has 6 nitrogen and oxygen atoms in total. The van der Waals surface area contributed by atoms with Gasteiger partial charge in [-0.2, -0.15) is 13.2 Å². The SMILES string of the molecule is COC[C@@](C)(CC(=O)OC)NC(=O)Nc1ccc(C(F)(F)F)cc1. The Balaban J connectivity index is 2.73. The first kappa shape index (κ1) is 19.8. The van der Waals surface area contributed by atoms with Crippen LogP contribution in [0.1, 0.15) is 18.9 Å². The number of anilines is 1. The van der Waals surface area contributed by atoms with Crippen LogP contribution in [0.25, 0.3) is 0 Å². The molecule has 2 N–H and O–H groups in total. The van der Waals surface area contributed by atoms with Crippen LogP contribution >= 0.6 is 0 Å². The number of esters is 1. The van der Waals surface area contributed by atoms with E-state index in [1.807, 2.05) is 0 Å². The fourth-order valence-corrected chi connectivity index (χ4v) is 2.02. The first-order chi connectivity index (χ1) is 11.1. The molecule has 1 aromatic rings. The number of alkyl halides is 3. The minimum absolute atomic E-state index is 0.0442. The summed E-state index contributed by atoms with van der Waals surface area (Å²) in [7, 11) is 2.63. The lowest BCUT2D eigenvalue weighted by atomic mass is 9.99. The number of benzene rings is 1. The minimum atomic E-state index is -4.45. The molecule has 0 aliphatic carbocycles. The standard InChI is InChI=1S/C15H19F3N2O4/c1-14(9-23-2,8-12(21)24-3)20-13(22)19-11-6-4-10(5-7-11)15(16,17)18/h4-7H,8-9H2,1-3H3,(H2,19,20,22)/t14-/m1/s1. The molecule has 2 amide bonds. The molecule has 0 heterocycles. The van der Waals surface area contributed by atoms with E-state index in [4.69, 9.17) is 4.74 Å². The Labute approximate surface area is 137 Å². The Bertz CT molecular complexity index is 575. The molecule has 0 fully saturated rings. The van der Waals surface area contributed by atoms with Gasteiger partial charge in [-0.15, -0.1) is 0 Å². The zero-order chi connectivity index (χ0) is 18.4. The number of rotatable bonds is 6. The van der Waals surface area contributed by atoms with E-state index in [1.54, 1.807) is 6.92 Å². The van der Waals surface area contributed by atoms with Gasteiger partial charge in [0.2, 0.25) is 0 Å². The summed E-state index contributed by atoms with van der Waals surface area (Å²) >= 11 is 0. The molecule has 0 spiro atoms. The number of carbonyl (C=O) groups excluding carboxylic acids is 2. The second-order valence-corrected chi connectivity index (χ2v) is 5.40. The summed E-state index contributed by atoms with van der Waals surface area (Å²) in [4.78, 5) is 23.4. The number of halogens is 3. The molecule has 1 rings (SSSR count). The average Bonchev–Trinajstić information content (AvgIpc) is 2.46. The van der Waals surface area contributed by atoms with Crippen LogP contribution in [-0.2, 0) is 20.4 Å². The van der Waals surface area contributed by atoms with Crippen molar-refractivity contribution in [2.75, 3.05) is 26.1 Å². The molecule has 0 saturated heterocycles. The van der Waals surface area contributed by atoms with Crippen molar-refractivity contribution >= 4 is 17.7 Å². The summed E-state index contributed by atoms with van der Waals surface area (Å²) in [6.07, 6.45) is -4.57. The topological polar surface area (TPSA) is 76.7 Å². The number of methoxy groups -OCH3 is 2. The van der Waals surface area contributed by atoms with Crippen LogP contribution in [0.5, 0.6) is 0 Å². The zero-order valence-corrected chi connectivity index (χ0v) is 13.5. The van der Waals surface area contributed by atoms with Gasteiger partial charge in [0.25, 0.3) is 0 Å². The molecular formula is C15H19F3N2O4. The first-order valence-corrected chi connectivity index (χ1v) is 6.92. The molecule has 24 heavy (non-hydrogen) atoms. The average molecular weight is 348 g/mol. The van der Waals surface area contributed by atoms with E-state index in [2.05, 4.69) is 15.4 Å². The van der Waals surface area contributed by atoms with E-state index in [0.29, 0.717) is 0 Å². The fourth-order valence-electron chi connectivity index (χ4n) is 2.02. The summed E-state index contributed by atoms with van der Waals surface area (Å²) < 4.78 is 47.0. The molecule has 0 aliphatic rings. The van der Waals surface area contributed by atoms with Gasteiger partial charge in [-0.05, 0) is 31.2 Å². The molecule has 1 atom stereocenters. The van der Waals surface area contributed by atoms with E-state index in [9.17, 15) is 22.8 Å². The lowest BCUT2D eigenvalue weighted by Crippen LogP contribution is -2.52. The summed E-state index contributed by atoms with van der Waals surface area (Å²) in [6, 6.07) is 3.31. The van der Waals surface area contributed by atoms with E-state index < -0.39 is 29.3 Å². The maximum atomic E-state index is 12.5. The Morgan fingerprint density at radius 1 is 1.12 bits per heavy atom. The van der Waals surface area contributed by atoms with Crippen LogP contribution in [0.15, 0.2) is 24.3 Å². The molecule has 9 heteroatoms. The maximum absolute atomic E-state index is 12.5. The number of nitrogens with one attached hydrogen (secondary N) is 2. The summed E-state index contributed by atoms with van der Waals surface area (Å²) in [5, 5.41) is 4.96. The van der Waals surface area contributed by atoms with Gasteiger partial charge < -0.3 is 20.1 Å². The van der Waals surface area contributed by atoms with Gasteiger partial charge in [-0.25, -0.2) is 4.79 Å². The van der Waals surface area contributed by atoms with Crippen LogP contribution in [0.3, 0.4) is 0 Å². The molecule has 0 aromatic heterocycles.